The van der Waals surface area contributed by atoms with Crippen molar-refractivity contribution in [1.82, 2.24) is 0 Å². The number of hydrogen-bond acceptors (Lipinski definition) is 6. The Labute approximate surface area is 204 Å². The fourth-order valence-corrected chi connectivity index (χ4v) is 3.66. The quantitative estimate of drug-likeness (QED) is 0.362. The summed E-state index contributed by atoms with van der Waals surface area (Å²) in [6.45, 7) is 2.15. The molecule has 0 amide bonds. The summed E-state index contributed by atoms with van der Waals surface area (Å²) in [6, 6.07) is 1.42. The van der Waals surface area contributed by atoms with Gasteiger partial charge in [0.1, 0.15) is 0 Å². The van der Waals surface area contributed by atoms with Crippen LogP contribution >= 0.6 is 0 Å². The smallest absolute Gasteiger partial charge is 0.411 e. The monoisotopic (exact) mass is 536 g/mol. The molecule has 0 saturated heterocycles. The number of carboxylic acids is 2. The lowest BCUT2D eigenvalue weighted by Crippen LogP contribution is -2.55. The molecule has 0 fully saturated rings. The number of esters is 2. The summed E-state index contributed by atoms with van der Waals surface area (Å²) >= 11 is 0. The van der Waals surface area contributed by atoms with Crippen molar-refractivity contribution in [3.05, 3.63) is 69.8 Å². The highest BCUT2D eigenvalue weighted by atomic mass is 19.4. The summed E-state index contributed by atoms with van der Waals surface area (Å²) in [5, 5.41) is 18.8. The fourth-order valence-electron chi connectivity index (χ4n) is 3.66. The highest BCUT2D eigenvalue weighted by Crippen LogP contribution is 2.56. The van der Waals surface area contributed by atoms with E-state index in [1.165, 1.54) is 13.8 Å². The first-order chi connectivity index (χ1) is 17.0. The van der Waals surface area contributed by atoms with Crippen molar-refractivity contribution in [2.45, 2.75) is 31.6 Å². The molecule has 0 aliphatic heterocycles. The Morgan fingerprint density at radius 1 is 0.649 bits per heavy atom. The van der Waals surface area contributed by atoms with Gasteiger partial charge in [-0.1, -0.05) is 12.1 Å². The zero-order chi connectivity index (χ0) is 28.3. The van der Waals surface area contributed by atoms with Gasteiger partial charge in [0, 0.05) is 0 Å². The lowest BCUT2D eigenvalue weighted by molar-refractivity contribution is -0.288. The van der Waals surface area contributed by atoms with Gasteiger partial charge in [-0.2, -0.15) is 26.3 Å². The number of ether oxygens (including phenoxy) is 2. The lowest BCUT2D eigenvalue weighted by Gasteiger charge is -2.38. The van der Waals surface area contributed by atoms with Gasteiger partial charge in [-0.3, -0.25) is 0 Å². The molecule has 2 N–H and O–H groups in total. The largest absolute Gasteiger partial charge is 0.478 e. The minimum absolute atomic E-state index is 0.0231. The average molecular weight is 536 g/mol. The number of carbonyl (C=O) groups is 4. The molecule has 37 heavy (non-hydrogen) atoms. The highest BCUT2D eigenvalue weighted by molar-refractivity contribution is 6.03. The minimum atomic E-state index is -6.21. The Balaban J connectivity index is 3.03. The molecular formula is C23H18F6O8. The summed E-state index contributed by atoms with van der Waals surface area (Å²) in [7, 11) is 0. The van der Waals surface area contributed by atoms with E-state index in [1.54, 1.807) is 0 Å². The van der Waals surface area contributed by atoms with E-state index < -0.39 is 75.0 Å². The number of hydrogen-bond donors (Lipinski definition) is 2. The van der Waals surface area contributed by atoms with Crippen molar-refractivity contribution in [3.8, 4) is 0 Å². The van der Waals surface area contributed by atoms with Crippen LogP contribution in [0.15, 0.2) is 36.4 Å². The maximum absolute atomic E-state index is 14.5. The molecule has 0 spiro atoms. The van der Waals surface area contributed by atoms with Gasteiger partial charge in [-0.15, -0.1) is 0 Å². The Bertz CT molecular complexity index is 1140. The van der Waals surface area contributed by atoms with Gasteiger partial charge < -0.3 is 19.7 Å². The summed E-state index contributed by atoms with van der Waals surface area (Å²) in [4.78, 5) is 47.4. The van der Waals surface area contributed by atoms with Gasteiger partial charge in [0.15, 0.2) is 0 Å². The van der Waals surface area contributed by atoms with E-state index in [4.69, 9.17) is 0 Å². The Morgan fingerprint density at radius 2 is 0.973 bits per heavy atom. The number of benzene rings is 2. The van der Waals surface area contributed by atoms with Crippen LogP contribution in [-0.4, -0.2) is 59.7 Å². The molecular weight excluding hydrogens is 518 g/mol. The maximum Gasteiger partial charge on any atom is 0.411 e. The zero-order valence-corrected chi connectivity index (χ0v) is 19.0. The number of carboxylic acid groups (broad SMARTS) is 2. The van der Waals surface area contributed by atoms with Crippen LogP contribution in [0.5, 0.6) is 0 Å². The van der Waals surface area contributed by atoms with E-state index in [-0.39, 0.29) is 37.5 Å². The molecule has 2 aromatic rings. The molecule has 0 aromatic heterocycles. The third kappa shape index (κ3) is 5.22. The molecule has 0 bridgehead atoms. The molecule has 0 radical (unpaired) electrons. The van der Waals surface area contributed by atoms with Crippen LogP contribution in [0.25, 0.3) is 0 Å². The van der Waals surface area contributed by atoms with Gasteiger partial charge in [0.05, 0.1) is 35.5 Å². The lowest BCUT2D eigenvalue weighted by atomic mass is 9.71. The van der Waals surface area contributed by atoms with Crippen LogP contribution in [0.1, 0.15) is 66.4 Å². The van der Waals surface area contributed by atoms with Crippen molar-refractivity contribution in [2.75, 3.05) is 13.2 Å². The van der Waals surface area contributed by atoms with Crippen LogP contribution in [0.2, 0.25) is 0 Å². The van der Waals surface area contributed by atoms with Gasteiger partial charge in [0.25, 0.3) is 0 Å². The maximum atomic E-state index is 14.5. The summed E-state index contributed by atoms with van der Waals surface area (Å²) < 4.78 is 96.0. The Hall–Kier alpha value is -4.10. The average Bonchev–Trinajstić information content (AvgIpc) is 2.77. The number of rotatable bonds is 8. The van der Waals surface area contributed by atoms with E-state index >= 15 is 0 Å². The van der Waals surface area contributed by atoms with E-state index in [1.807, 2.05) is 0 Å². The molecule has 2 aromatic carbocycles. The van der Waals surface area contributed by atoms with Gasteiger partial charge in [-0.25, -0.2) is 19.2 Å². The summed E-state index contributed by atoms with van der Waals surface area (Å²) in [6.07, 6.45) is -12.4. The topological polar surface area (TPSA) is 127 Å². The standard InChI is InChI=1S/C23H18F6O8/c1-3-36-19(34)13-7-5-11(9-15(13)17(30)31)21(22(24,25)26,23(27,28)29)12-6-8-14(20(35)37-4-2)16(10-12)18(32)33/h5-10H,3-4H2,1-2H3,(H,30,31)(H,32,33). The van der Waals surface area contributed by atoms with Crippen LogP contribution in [0.4, 0.5) is 26.3 Å². The predicted octanol–water partition coefficient (Wildman–Crippen LogP) is 4.85. The molecule has 0 heterocycles. The van der Waals surface area contributed by atoms with Gasteiger partial charge in [-0.05, 0) is 49.2 Å². The number of carbonyl (C=O) groups excluding carboxylic acids is 2. The zero-order valence-electron chi connectivity index (χ0n) is 19.0. The first-order valence-corrected chi connectivity index (χ1v) is 10.3. The SMILES string of the molecule is CCOC(=O)c1ccc(C(c2ccc(C(=O)OCC)c(C(=O)O)c2)(C(F)(F)F)C(F)(F)F)cc1C(=O)O. The van der Waals surface area contributed by atoms with Crippen LogP contribution < -0.4 is 0 Å². The molecule has 0 unspecified atom stereocenters. The first-order valence-electron chi connectivity index (χ1n) is 10.3. The number of alkyl halides is 6. The molecule has 0 saturated carbocycles. The van der Waals surface area contributed by atoms with E-state index in [9.17, 15) is 55.7 Å². The molecule has 14 heteroatoms. The predicted molar refractivity (Wildman–Crippen MR) is 112 cm³/mol. The molecule has 8 nitrogen and oxygen atoms in total. The summed E-state index contributed by atoms with van der Waals surface area (Å²) in [5.74, 6) is -6.65. The first kappa shape index (κ1) is 29.1. The van der Waals surface area contributed by atoms with Crippen molar-refractivity contribution < 1.29 is 65.2 Å². The summed E-state index contributed by atoms with van der Waals surface area (Å²) in [5.41, 5.74) is -12.3. The normalized spacial score (nSPS) is 12.1. The van der Waals surface area contributed by atoms with Crippen molar-refractivity contribution in [1.29, 1.82) is 0 Å². The molecule has 0 aliphatic carbocycles. The Morgan fingerprint density at radius 3 is 1.22 bits per heavy atom. The van der Waals surface area contributed by atoms with Crippen LogP contribution in [0, 0.1) is 0 Å². The molecule has 2 rings (SSSR count). The van der Waals surface area contributed by atoms with E-state index in [0.717, 1.165) is 0 Å². The molecule has 0 aliphatic rings. The minimum Gasteiger partial charge on any atom is -0.478 e. The van der Waals surface area contributed by atoms with Gasteiger partial charge >= 0.3 is 36.2 Å². The highest BCUT2D eigenvalue weighted by Gasteiger charge is 2.72. The van der Waals surface area contributed by atoms with E-state index in [2.05, 4.69) is 9.47 Å². The second kappa shape index (κ2) is 10.5. The third-order valence-electron chi connectivity index (χ3n) is 5.21. The van der Waals surface area contributed by atoms with Crippen LogP contribution in [-0.2, 0) is 14.9 Å². The van der Waals surface area contributed by atoms with Gasteiger partial charge in [0.2, 0.25) is 5.41 Å². The Kier molecular flexibility index (Phi) is 8.25. The second-order valence-corrected chi connectivity index (χ2v) is 7.32. The van der Waals surface area contributed by atoms with Crippen LogP contribution in [0.3, 0.4) is 0 Å². The number of aromatic carboxylic acids is 2. The van der Waals surface area contributed by atoms with E-state index in [0.29, 0.717) is 12.1 Å². The second-order valence-electron chi connectivity index (χ2n) is 7.32. The molecule has 200 valence electrons. The number of halogens is 6. The van der Waals surface area contributed by atoms with Crippen molar-refractivity contribution >= 4 is 23.9 Å². The molecule has 0 atom stereocenters. The van der Waals surface area contributed by atoms with Crippen molar-refractivity contribution in [2.24, 2.45) is 0 Å². The fraction of sp³-hybridized carbons (Fsp3) is 0.304. The third-order valence-corrected chi connectivity index (χ3v) is 5.21. The van der Waals surface area contributed by atoms with Crippen molar-refractivity contribution in [3.63, 3.8) is 0 Å².